The van der Waals surface area contributed by atoms with Crippen molar-refractivity contribution in [2.75, 3.05) is 11.6 Å². The molecule has 0 spiro atoms. The first kappa shape index (κ1) is 15.0. The average Bonchev–Trinajstić information content (AvgIpc) is 2.37. The maximum atomic E-state index is 13.5. The molecule has 0 aromatic heterocycles. The molecule has 1 N–H and O–H groups in total. The summed E-state index contributed by atoms with van der Waals surface area (Å²) in [5, 5.41) is 14.3. The van der Waals surface area contributed by atoms with Gasteiger partial charge in [-0.25, -0.2) is 4.39 Å². The van der Waals surface area contributed by atoms with Crippen LogP contribution in [0.1, 0.15) is 25.7 Å². The van der Waals surface area contributed by atoms with E-state index in [9.17, 15) is 18.9 Å². The van der Waals surface area contributed by atoms with Gasteiger partial charge in [-0.15, -0.1) is 0 Å². The molecule has 2 rings (SSSR count). The van der Waals surface area contributed by atoms with Gasteiger partial charge in [0.2, 0.25) is 5.82 Å². The Morgan fingerprint density at radius 1 is 1.40 bits per heavy atom. The van der Waals surface area contributed by atoms with Crippen LogP contribution in [0, 0.1) is 21.7 Å². The molecule has 1 saturated carbocycles. The van der Waals surface area contributed by atoms with Gasteiger partial charge in [-0.05, 0) is 25.5 Å². The molecule has 2 atom stereocenters. The molecule has 4 nitrogen and oxygen atoms in total. The van der Waals surface area contributed by atoms with Crippen LogP contribution in [-0.4, -0.2) is 22.5 Å². The number of nitro groups is 1. The number of hydrogen-bond acceptors (Lipinski definition) is 4. The number of thioether (sulfide) groups is 1. The highest BCUT2D eigenvalue weighted by atomic mass is 32.2. The number of hydrogen-bond donors (Lipinski definition) is 1. The number of nitrogens with zero attached hydrogens (tertiary/aromatic N) is 1. The maximum absolute atomic E-state index is 13.5. The van der Waals surface area contributed by atoms with Crippen LogP contribution in [0.4, 0.5) is 20.2 Å². The van der Waals surface area contributed by atoms with Crippen molar-refractivity contribution >= 4 is 23.1 Å². The van der Waals surface area contributed by atoms with Crippen molar-refractivity contribution in [1.29, 1.82) is 0 Å². The van der Waals surface area contributed by atoms with Crippen LogP contribution in [0.2, 0.25) is 0 Å². The first-order valence-corrected chi connectivity index (χ1v) is 7.72. The van der Waals surface area contributed by atoms with Gasteiger partial charge in [0.25, 0.3) is 0 Å². The number of rotatable bonds is 4. The van der Waals surface area contributed by atoms with Gasteiger partial charge in [0.1, 0.15) is 11.5 Å². The van der Waals surface area contributed by atoms with Gasteiger partial charge in [0, 0.05) is 23.4 Å². The smallest absolute Gasteiger partial charge is 0.327 e. The second-order valence-electron chi connectivity index (χ2n) is 4.91. The van der Waals surface area contributed by atoms with Crippen LogP contribution in [0.5, 0.6) is 0 Å². The van der Waals surface area contributed by atoms with E-state index in [-0.39, 0.29) is 11.7 Å². The van der Waals surface area contributed by atoms with E-state index in [1.54, 1.807) is 11.8 Å². The molecule has 1 aromatic carbocycles. The highest BCUT2D eigenvalue weighted by Crippen LogP contribution is 2.33. The molecular formula is C13H16F2N2O2S. The van der Waals surface area contributed by atoms with Crippen molar-refractivity contribution in [3.63, 3.8) is 0 Å². The van der Waals surface area contributed by atoms with E-state index < -0.39 is 22.2 Å². The molecule has 20 heavy (non-hydrogen) atoms. The second-order valence-corrected chi connectivity index (χ2v) is 6.04. The lowest BCUT2D eigenvalue weighted by molar-refractivity contribution is -0.386. The van der Waals surface area contributed by atoms with Crippen LogP contribution in [0.15, 0.2) is 12.1 Å². The quantitative estimate of drug-likeness (QED) is 0.675. The number of anilines is 1. The van der Waals surface area contributed by atoms with Crippen LogP contribution < -0.4 is 5.32 Å². The van der Waals surface area contributed by atoms with Crippen LogP contribution in [-0.2, 0) is 0 Å². The molecule has 2 unspecified atom stereocenters. The first-order chi connectivity index (χ1) is 9.51. The molecule has 0 amide bonds. The lowest BCUT2D eigenvalue weighted by Gasteiger charge is -2.29. The number of nitro benzene ring substituents is 1. The van der Waals surface area contributed by atoms with Crippen molar-refractivity contribution in [2.24, 2.45) is 0 Å². The summed E-state index contributed by atoms with van der Waals surface area (Å²) in [4.78, 5) is 10.1. The molecule has 1 aromatic rings. The van der Waals surface area contributed by atoms with Gasteiger partial charge in [0.15, 0.2) is 0 Å². The Hall–Kier alpha value is -1.37. The first-order valence-electron chi connectivity index (χ1n) is 6.44. The minimum absolute atomic E-state index is 0.0149. The minimum atomic E-state index is -1.14. The zero-order valence-corrected chi connectivity index (χ0v) is 11.9. The van der Waals surface area contributed by atoms with E-state index >= 15 is 0 Å². The van der Waals surface area contributed by atoms with Gasteiger partial charge in [-0.2, -0.15) is 16.2 Å². The standard InChI is InChI=1S/C13H16F2N2O2S/c1-20-10-4-2-3-9(7-10)16-12-6-8(14)5-11(15)13(12)17(18)19/h5-6,9-10,16H,2-4,7H2,1H3. The highest BCUT2D eigenvalue weighted by Gasteiger charge is 2.26. The molecule has 0 heterocycles. The lowest BCUT2D eigenvalue weighted by atomic mass is 9.94. The SMILES string of the molecule is CSC1CCCC(Nc2cc(F)cc(F)c2[N+](=O)[O-])C1. The third-order valence-electron chi connectivity index (χ3n) is 3.53. The molecule has 0 bridgehead atoms. The molecule has 0 radical (unpaired) electrons. The van der Waals surface area contributed by atoms with Gasteiger partial charge >= 0.3 is 5.69 Å². The van der Waals surface area contributed by atoms with Crippen molar-refractivity contribution in [2.45, 2.75) is 37.0 Å². The van der Waals surface area contributed by atoms with Gasteiger partial charge in [-0.3, -0.25) is 10.1 Å². The van der Waals surface area contributed by atoms with Crippen LogP contribution in [0.3, 0.4) is 0 Å². The molecule has 0 aliphatic heterocycles. The van der Waals surface area contributed by atoms with E-state index in [2.05, 4.69) is 5.32 Å². The fourth-order valence-corrected chi connectivity index (χ4v) is 3.40. The van der Waals surface area contributed by atoms with E-state index in [1.807, 2.05) is 6.26 Å². The van der Waals surface area contributed by atoms with Crippen LogP contribution >= 0.6 is 11.8 Å². The third kappa shape index (κ3) is 3.39. The summed E-state index contributed by atoms with van der Waals surface area (Å²) in [6.45, 7) is 0. The Morgan fingerprint density at radius 3 is 2.80 bits per heavy atom. The molecule has 7 heteroatoms. The molecule has 1 aliphatic rings. The predicted molar refractivity (Wildman–Crippen MR) is 76.2 cm³/mol. The Labute approximate surface area is 120 Å². The zero-order chi connectivity index (χ0) is 14.7. The second kappa shape index (κ2) is 6.39. The highest BCUT2D eigenvalue weighted by molar-refractivity contribution is 7.99. The van der Waals surface area contributed by atoms with Crippen LogP contribution in [0.25, 0.3) is 0 Å². The number of halogens is 2. The molecule has 1 fully saturated rings. The Kier molecular flexibility index (Phi) is 4.80. The fourth-order valence-electron chi connectivity index (χ4n) is 2.57. The summed E-state index contributed by atoms with van der Waals surface area (Å²) < 4.78 is 26.8. The number of benzene rings is 1. The summed E-state index contributed by atoms with van der Waals surface area (Å²) in [7, 11) is 0. The topological polar surface area (TPSA) is 55.2 Å². The molecule has 0 saturated heterocycles. The molecular weight excluding hydrogens is 286 g/mol. The van der Waals surface area contributed by atoms with E-state index in [0.29, 0.717) is 11.3 Å². The summed E-state index contributed by atoms with van der Waals surface area (Å²) >= 11 is 1.75. The Bertz CT molecular complexity index is 513. The summed E-state index contributed by atoms with van der Waals surface area (Å²) in [6.07, 6.45) is 5.84. The largest absolute Gasteiger partial charge is 0.377 e. The van der Waals surface area contributed by atoms with Crippen molar-refractivity contribution in [3.05, 3.63) is 33.9 Å². The normalized spacial score (nSPS) is 22.6. The van der Waals surface area contributed by atoms with Gasteiger partial charge in [0.05, 0.1) is 4.92 Å². The Balaban J connectivity index is 2.22. The molecule has 1 aliphatic carbocycles. The van der Waals surface area contributed by atoms with Gasteiger partial charge < -0.3 is 5.32 Å². The summed E-state index contributed by atoms with van der Waals surface area (Å²) in [5.74, 6) is -1.96. The Morgan fingerprint density at radius 2 is 2.15 bits per heavy atom. The third-order valence-corrected chi connectivity index (χ3v) is 4.62. The average molecular weight is 302 g/mol. The van der Waals surface area contributed by atoms with Crippen molar-refractivity contribution < 1.29 is 13.7 Å². The van der Waals surface area contributed by atoms with Crippen molar-refractivity contribution in [1.82, 2.24) is 0 Å². The van der Waals surface area contributed by atoms with E-state index in [1.165, 1.54) is 0 Å². The maximum Gasteiger partial charge on any atom is 0.327 e. The number of nitrogens with one attached hydrogen (secondary N) is 1. The minimum Gasteiger partial charge on any atom is -0.377 e. The van der Waals surface area contributed by atoms with Crippen molar-refractivity contribution in [3.8, 4) is 0 Å². The fraction of sp³-hybridized carbons (Fsp3) is 0.538. The van der Waals surface area contributed by atoms with E-state index in [4.69, 9.17) is 0 Å². The zero-order valence-electron chi connectivity index (χ0n) is 11.1. The van der Waals surface area contributed by atoms with Gasteiger partial charge in [-0.1, -0.05) is 6.42 Å². The summed E-state index contributed by atoms with van der Waals surface area (Å²) in [6, 6.07) is 1.54. The monoisotopic (exact) mass is 302 g/mol. The van der Waals surface area contributed by atoms with E-state index in [0.717, 1.165) is 31.7 Å². The summed E-state index contributed by atoms with van der Waals surface area (Å²) in [5.41, 5.74) is -0.753. The lowest BCUT2D eigenvalue weighted by Crippen LogP contribution is -2.29. The molecule has 110 valence electrons. The predicted octanol–water partition coefficient (Wildman–Crippen LogP) is 3.96.